The highest BCUT2D eigenvalue weighted by Crippen LogP contribution is 2.30. The number of hydrogen-bond acceptors (Lipinski definition) is 7. The fourth-order valence-electron chi connectivity index (χ4n) is 2.93. The lowest BCUT2D eigenvalue weighted by Crippen LogP contribution is -2.26. The van der Waals surface area contributed by atoms with E-state index in [4.69, 9.17) is 21.1 Å². The van der Waals surface area contributed by atoms with Gasteiger partial charge < -0.3 is 9.47 Å². The molecule has 0 radical (unpaired) electrons. The molecule has 0 aliphatic rings. The summed E-state index contributed by atoms with van der Waals surface area (Å²) in [5.41, 5.74) is 1.73. The Kier molecular flexibility index (Phi) is 9.35. The highest BCUT2D eigenvalue weighted by atomic mass is 35.5. The van der Waals surface area contributed by atoms with Gasteiger partial charge >= 0.3 is 5.97 Å². The number of Topliss-reactive ketones (excluding diaryl/α,β-unsaturated/α-hetero) is 1. The number of hydrogen-bond donors (Lipinski definition) is 0. The zero-order valence-electron chi connectivity index (χ0n) is 18.8. The molecule has 0 bridgehead atoms. The van der Waals surface area contributed by atoms with Crippen LogP contribution >= 0.6 is 34.7 Å². The molecule has 0 saturated heterocycles. The maximum Gasteiger partial charge on any atom is 0.312 e. The number of ether oxygens (including phenoxy) is 2. The fraction of sp³-hybridized carbons (Fsp3) is 0.320. The van der Waals surface area contributed by atoms with Crippen molar-refractivity contribution in [3.05, 3.63) is 69.8 Å². The summed E-state index contributed by atoms with van der Waals surface area (Å²) in [4.78, 5) is 30.2. The number of benzene rings is 2. The van der Waals surface area contributed by atoms with Crippen LogP contribution in [0.1, 0.15) is 54.2 Å². The van der Waals surface area contributed by atoms with Gasteiger partial charge in [-0.25, -0.2) is 4.98 Å². The largest absolute Gasteiger partial charge is 0.482 e. The van der Waals surface area contributed by atoms with Gasteiger partial charge in [0.2, 0.25) is 10.8 Å². The number of nitrogens with zero attached hydrogens (tertiary/aromatic N) is 1. The van der Waals surface area contributed by atoms with Crippen LogP contribution in [0, 0.1) is 6.92 Å². The first-order valence-corrected chi connectivity index (χ1v) is 12.9. The van der Waals surface area contributed by atoms with Crippen LogP contribution in [-0.2, 0) is 10.5 Å². The van der Waals surface area contributed by atoms with E-state index in [-0.39, 0.29) is 16.8 Å². The minimum atomic E-state index is -0.665. The third kappa shape index (κ3) is 7.32. The molecule has 8 heteroatoms. The lowest BCUT2D eigenvalue weighted by molar-refractivity contribution is -0.134. The third-order valence-electron chi connectivity index (χ3n) is 4.71. The molecule has 174 valence electrons. The van der Waals surface area contributed by atoms with Crippen molar-refractivity contribution in [3.63, 3.8) is 0 Å². The van der Waals surface area contributed by atoms with Gasteiger partial charge in [-0.3, -0.25) is 9.59 Å². The molecule has 0 aliphatic heterocycles. The van der Waals surface area contributed by atoms with Crippen molar-refractivity contribution in [1.29, 1.82) is 0 Å². The van der Waals surface area contributed by atoms with Gasteiger partial charge in [0.25, 0.3) is 0 Å². The van der Waals surface area contributed by atoms with E-state index in [0.29, 0.717) is 35.8 Å². The van der Waals surface area contributed by atoms with Crippen LogP contribution in [0.25, 0.3) is 0 Å². The number of ketones is 1. The average molecular weight is 504 g/mol. The predicted molar refractivity (Wildman–Crippen MR) is 134 cm³/mol. The van der Waals surface area contributed by atoms with Crippen molar-refractivity contribution < 1.29 is 19.1 Å². The number of aryl methyl sites for hydroxylation is 1. The van der Waals surface area contributed by atoms with Crippen LogP contribution in [0.2, 0.25) is 5.02 Å². The van der Waals surface area contributed by atoms with E-state index in [1.54, 1.807) is 18.7 Å². The standard InChI is InChI=1S/C25H26ClNO4S2/c1-4-6-22(28)31-25-16(3)27-24(33-25)23(29)21(5-2)30-19-11-13-20(14-12-19)32-15-17-7-9-18(26)10-8-17/h7-14,21H,4-6,15H2,1-3H3. The predicted octanol–water partition coefficient (Wildman–Crippen LogP) is 7.14. The number of thiazole rings is 1. The zero-order chi connectivity index (χ0) is 23.8. The van der Waals surface area contributed by atoms with Crippen molar-refractivity contribution in [2.24, 2.45) is 0 Å². The molecule has 0 saturated carbocycles. The molecular formula is C25H26ClNO4S2. The van der Waals surface area contributed by atoms with Crippen molar-refractivity contribution in [1.82, 2.24) is 4.98 Å². The molecule has 1 unspecified atom stereocenters. The Balaban J connectivity index is 1.60. The average Bonchev–Trinajstić information content (AvgIpc) is 3.17. The molecule has 0 fully saturated rings. The summed E-state index contributed by atoms with van der Waals surface area (Å²) in [5.74, 6) is 0.918. The summed E-state index contributed by atoms with van der Waals surface area (Å²) >= 11 is 8.74. The van der Waals surface area contributed by atoms with Gasteiger partial charge in [0.05, 0.1) is 5.69 Å². The second-order valence-electron chi connectivity index (χ2n) is 7.38. The molecule has 1 heterocycles. The number of carbonyl (C=O) groups is 2. The zero-order valence-corrected chi connectivity index (χ0v) is 21.2. The van der Waals surface area contributed by atoms with Gasteiger partial charge in [-0.05, 0) is 61.7 Å². The Hall–Kier alpha value is -2.35. The molecule has 5 nitrogen and oxygen atoms in total. The molecule has 0 amide bonds. The lowest BCUT2D eigenvalue weighted by atomic mass is 10.2. The van der Waals surface area contributed by atoms with E-state index in [0.717, 1.165) is 27.0 Å². The highest BCUT2D eigenvalue weighted by molar-refractivity contribution is 7.98. The summed E-state index contributed by atoms with van der Waals surface area (Å²) in [5, 5.41) is 1.38. The first-order chi connectivity index (χ1) is 15.9. The van der Waals surface area contributed by atoms with E-state index < -0.39 is 6.10 Å². The van der Waals surface area contributed by atoms with Gasteiger partial charge in [0.15, 0.2) is 11.1 Å². The molecule has 0 N–H and O–H groups in total. The van der Waals surface area contributed by atoms with Crippen molar-refractivity contribution >= 4 is 46.5 Å². The van der Waals surface area contributed by atoms with Crippen molar-refractivity contribution in [2.75, 3.05) is 0 Å². The van der Waals surface area contributed by atoms with Crippen LogP contribution in [0.3, 0.4) is 0 Å². The Labute approximate surface area is 207 Å². The number of aromatic nitrogens is 1. The van der Waals surface area contributed by atoms with E-state index in [2.05, 4.69) is 4.98 Å². The van der Waals surface area contributed by atoms with E-state index in [1.165, 1.54) is 5.56 Å². The summed E-state index contributed by atoms with van der Waals surface area (Å²) in [6.45, 7) is 5.52. The molecular weight excluding hydrogens is 478 g/mol. The molecule has 33 heavy (non-hydrogen) atoms. The molecule has 0 aliphatic carbocycles. The minimum Gasteiger partial charge on any atom is -0.482 e. The highest BCUT2D eigenvalue weighted by Gasteiger charge is 2.25. The molecule has 1 aromatic heterocycles. The van der Waals surface area contributed by atoms with Gasteiger partial charge in [-0.1, -0.05) is 48.9 Å². The third-order valence-corrected chi connectivity index (χ3v) is 7.09. The topological polar surface area (TPSA) is 65.5 Å². The summed E-state index contributed by atoms with van der Waals surface area (Å²) < 4.78 is 11.3. The first-order valence-electron chi connectivity index (χ1n) is 10.8. The van der Waals surface area contributed by atoms with Gasteiger partial charge in [0.1, 0.15) is 5.75 Å². The Bertz CT molecular complexity index is 1080. The molecule has 1 atom stereocenters. The van der Waals surface area contributed by atoms with Crippen molar-refractivity contribution in [2.45, 2.75) is 56.8 Å². The van der Waals surface area contributed by atoms with Crippen molar-refractivity contribution in [3.8, 4) is 10.8 Å². The molecule has 2 aromatic carbocycles. The number of esters is 1. The summed E-state index contributed by atoms with van der Waals surface area (Å²) in [6.07, 6.45) is 0.861. The van der Waals surface area contributed by atoms with E-state index in [1.807, 2.05) is 62.4 Å². The monoisotopic (exact) mass is 503 g/mol. The first kappa shape index (κ1) is 25.3. The van der Waals surface area contributed by atoms with Gasteiger partial charge in [0, 0.05) is 22.1 Å². The molecule has 0 spiro atoms. The van der Waals surface area contributed by atoms with Crippen LogP contribution in [0.4, 0.5) is 0 Å². The Morgan fingerprint density at radius 2 is 1.79 bits per heavy atom. The quantitative estimate of drug-likeness (QED) is 0.157. The fourth-order valence-corrected chi connectivity index (χ4v) is 4.83. The van der Waals surface area contributed by atoms with Crippen LogP contribution < -0.4 is 9.47 Å². The summed E-state index contributed by atoms with van der Waals surface area (Å²) in [7, 11) is 0. The van der Waals surface area contributed by atoms with Crippen LogP contribution in [0.5, 0.6) is 10.8 Å². The number of thioether (sulfide) groups is 1. The second kappa shape index (κ2) is 12.2. The lowest BCUT2D eigenvalue weighted by Gasteiger charge is -2.15. The van der Waals surface area contributed by atoms with Gasteiger partial charge in [-0.2, -0.15) is 0 Å². The van der Waals surface area contributed by atoms with Crippen LogP contribution in [0.15, 0.2) is 53.4 Å². The van der Waals surface area contributed by atoms with E-state index in [9.17, 15) is 9.59 Å². The smallest absolute Gasteiger partial charge is 0.312 e. The minimum absolute atomic E-state index is 0.218. The maximum absolute atomic E-state index is 13.0. The van der Waals surface area contributed by atoms with Crippen LogP contribution in [-0.4, -0.2) is 22.8 Å². The second-order valence-corrected chi connectivity index (χ2v) is 9.83. The number of halogens is 1. The summed E-state index contributed by atoms with van der Waals surface area (Å²) in [6, 6.07) is 15.5. The Morgan fingerprint density at radius 3 is 2.42 bits per heavy atom. The number of rotatable bonds is 11. The van der Waals surface area contributed by atoms with Gasteiger partial charge in [-0.15, -0.1) is 11.8 Å². The SMILES string of the molecule is CCCC(=O)Oc1sc(C(=O)C(CC)Oc2ccc(SCc3ccc(Cl)cc3)cc2)nc1C. The normalized spacial score (nSPS) is 11.8. The molecule has 3 aromatic rings. The maximum atomic E-state index is 13.0. The van der Waals surface area contributed by atoms with E-state index >= 15 is 0 Å². The molecule has 3 rings (SSSR count). The Morgan fingerprint density at radius 1 is 1.09 bits per heavy atom. The number of carbonyl (C=O) groups excluding carboxylic acids is 2.